The van der Waals surface area contributed by atoms with Gasteiger partial charge in [0.15, 0.2) is 0 Å². The standard InChI is InChI=1S/C26H31FN2O/c27-22-11-9-21(10-12-22)26(13-5-2-6-14-26)29-17-15-25(16-18-29)23(19-28-24(25)30)20-7-3-1-4-8-20/h1,3-4,7-12,23H,2,5-6,13-19H2,(H,28,30). The van der Waals surface area contributed by atoms with Crippen LogP contribution in [0.3, 0.4) is 0 Å². The molecule has 1 saturated carbocycles. The minimum Gasteiger partial charge on any atom is -0.355 e. The Kier molecular flexibility index (Phi) is 5.14. The number of benzene rings is 2. The van der Waals surface area contributed by atoms with Gasteiger partial charge in [-0.15, -0.1) is 0 Å². The van der Waals surface area contributed by atoms with Crippen LogP contribution in [-0.4, -0.2) is 30.4 Å². The predicted molar refractivity (Wildman–Crippen MR) is 117 cm³/mol. The first-order chi connectivity index (χ1) is 14.6. The molecule has 4 heteroatoms. The molecule has 1 N–H and O–H groups in total. The van der Waals surface area contributed by atoms with Crippen molar-refractivity contribution < 1.29 is 9.18 Å². The van der Waals surface area contributed by atoms with E-state index >= 15 is 0 Å². The van der Waals surface area contributed by atoms with Gasteiger partial charge < -0.3 is 5.32 Å². The fourth-order valence-electron chi connectivity index (χ4n) is 6.44. The minimum absolute atomic E-state index is 0.00904. The smallest absolute Gasteiger partial charge is 0.227 e. The molecule has 30 heavy (non-hydrogen) atoms. The monoisotopic (exact) mass is 406 g/mol. The van der Waals surface area contributed by atoms with E-state index in [9.17, 15) is 9.18 Å². The van der Waals surface area contributed by atoms with E-state index in [1.165, 1.54) is 30.4 Å². The molecule has 1 aliphatic carbocycles. The normalized spacial score (nSPS) is 25.9. The summed E-state index contributed by atoms with van der Waals surface area (Å²) in [7, 11) is 0. The number of piperidine rings is 1. The summed E-state index contributed by atoms with van der Waals surface area (Å²) in [5.41, 5.74) is 2.21. The van der Waals surface area contributed by atoms with Crippen molar-refractivity contribution in [1.82, 2.24) is 10.2 Å². The molecule has 0 aromatic heterocycles. The number of hydrogen-bond acceptors (Lipinski definition) is 2. The van der Waals surface area contributed by atoms with Gasteiger partial charge in [0, 0.05) is 31.1 Å². The fourth-order valence-corrected chi connectivity index (χ4v) is 6.44. The van der Waals surface area contributed by atoms with E-state index in [1.807, 2.05) is 18.2 Å². The zero-order valence-electron chi connectivity index (χ0n) is 17.6. The van der Waals surface area contributed by atoms with Gasteiger partial charge in [-0.1, -0.05) is 61.7 Å². The molecule has 158 valence electrons. The van der Waals surface area contributed by atoms with Gasteiger partial charge in [0.1, 0.15) is 5.82 Å². The number of nitrogens with zero attached hydrogens (tertiary/aromatic N) is 1. The van der Waals surface area contributed by atoms with Gasteiger partial charge in [-0.05, 0) is 48.9 Å². The largest absolute Gasteiger partial charge is 0.355 e. The Bertz CT molecular complexity index is 881. The lowest BCUT2D eigenvalue weighted by Crippen LogP contribution is -2.54. The second-order valence-electron chi connectivity index (χ2n) is 9.42. The van der Waals surface area contributed by atoms with E-state index in [4.69, 9.17) is 0 Å². The van der Waals surface area contributed by atoms with Crippen LogP contribution in [0.1, 0.15) is 62.0 Å². The van der Waals surface area contributed by atoms with Crippen molar-refractivity contribution in [3.05, 3.63) is 71.5 Å². The highest BCUT2D eigenvalue weighted by atomic mass is 19.1. The Morgan fingerprint density at radius 1 is 0.867 bits per heavy atom. The molecule has 5 rings (SSSR count). The summed E-state index contributed by atoms with van der Waals surface area (Å²) in [4.78, 5) is 15.7. The topological polar surface area (TPSA) is 32.3 Å². The average molecular weight is 407 g/mol. The summed E-state index contributed by atoms with van der Waals surface area (Å²) < 4.78 is 13.6. The highest BCUT2D eigenvalue weighted by Gasteiger charge is 2.54. The number of halogens is 1. The maximum atomic E-state index is 13.6. The van der Waals surface area contributed by atoms with Crippen LogP contribution in [0.4, 0.5) is 4.39 Å². The quantitative estimate of drug-likeness (QED) is 0.780. The molecule has 1 amide bonds. The van der Waals surface area contributed by atoms with E-state index in [2.05, 4.69) is 34.5 Å². The predicted octanol–water partition coefficient (Wildman–Crippen LogP) is 4.98. The first kappa shape index (κ1) is 19.7. The molecule has 2 saturated heterocycles. The average Bonchev–Trinajstić information content (AvgIpc) is 3.11. The van der Waals surface area contributed by atoms with Gasteiger partial charge in [-0.3, -0.25) is 9.69 Å². The molecule has 1 spiro atoms. The number of likely N-dealkylation sites (tertiary alicyclic amines) is 1. The molecule has 0 radical (unpaired) electrons. The molecule has 2 heterocycles. The Labute approximate surface area is 178 Å². The summed E-state index contributed by atoms with van der Waals surface area (Å²) >= 11 is 0. The van der Waals surface area contributed by atoms with Crippen molar-refractivity contribution in [2.24, 2.45) is 5.41 Å². The third-order valence-corrected chi connectivity index (χ3v) is 8.11. The highest BCUT2D eigenvalue weighted by Crippen LogP contribution is 2.51. The van der Waals surface area contributed by atoms with Crippen LogP contribution in [-0.2, 0) is 10.3 Å². The number of carbonyl (C=O) groups excluding carboxylic acids is 1. The molecule has 2 aromatic rings. The van der Waals surface area contributed by atoms with E-state index in [-0.39, 0.29) is 28.6 Å². The molecule has 3 nitrogen and oxygen atoms in total. The van der Waals surface area contributed by atoms with Crippen LogP contribution in [0.15, 0.2) is 54.6 Å². The van der Waals surface area contributed by atoms with Crippen molar-refractivity contribution >= 4 is 5.91 Å². The van der Waals surface area contributed by atoms with Crippen LogP contribution in [0.2, 0.25) is 0 Å². The van der Waals surface area contributed by atoms with Crippen LogP contribution >= 0.6 is 0 Å². The fraction of sp³-hybridized carbons (Fsp3) is 0.500. The zero-order chi connectivity index (χ0) is 20.6. The van der Waals surface area contributed by atoms with E-state index in [0.29, 0.717) is 0 Å². The third-order valence-electron chi connectivity index (χ3n) is 8.11. The number of carbonyl (C=O) groups is 1. The first-order valence-corrected chi connectivity index (χ1v) is 11.5. The van der Waals surface area contributed by atoms with Gasteiger partial charge >= 0.3 is 0 Å². The summed E-state index contributed by atoms with van der Waals surface area (Å²) in [5.74, 6) is 0.313. The number of rotatable bonds is 3. The molecular weight excluding hydrogens is 375 g/mol. The Morgan fingerprint density at radius 2 is 1.53 bits per heavy atom. The molecular formula is C26H31FN2O. The minimum atomic E-state index is -0.295. The second-order valence-corrected chi connectivity index (χ2v) is 9.42. The lowest BCUT2D eigenvalue weighted by atomic mass is 9.66. The van der Waals surface area contributed by atoms with Crippen molar-refractivity contribution in [3.63, 3.8) is 0 Å². The van der Waals surface area contributed by atoms with Crippen LogP contribution in [0.25, 0.3) is 0 Å². The molecule has 3 fully saturated rings. The van der Waals surface area contributed by atoms with Crippen LogP contribution in [0.5, 0.6) is 0 Å². The highest BCUT2D eigenvalue weighted by molar-refractivity contribution is 5.86. The Morgan fingerprint density at radius 3 is 2.20 bits per heavy atom. The summed E-state index contributed by atoms with van der Waals surface area (Å²) in [6, 6.07) is 17.7. The maximum absolute atomic E-state index is 13.6. The van der Waals surface area contributed by atoms with Crippen LogP contribution in [0, 0.1) is 11.2 Å². The molecule has 1 unspecified atom stereocenters. The number of hydrogen-bond donors (Lipinski definition) is 1. The van der Waals surface area contributed by atoms with E-state index < -0.39 is 0 Å². The van der Waals surface area contributed by atoms with Crippen molar-refractivity contribution in [2.45, 2.75) is 56.4 Å². The van der Waals surface area contributed by atoms with E-state index in [1.54, 1.807) is 12.1 Å². The zero-order valence-corrected chi connectivity index (χ0v) is 17.6. The lowest BCUT2D eigenvalue weighted by molar-refractivity contribution is -0.132. The SMILES string of the molecule is O=C1NCC(c2ccccc2)C12CCN(C1(c3ccc(F)cc3)CCCCC1)CC2. The lowest BCUT2D eigenvalue weighted by Gasteiger charge is -2.52. The van der Waals surface area contributed by atoms with Gasteiger partial charge in [0.05, 0.1) is 5.41 Å². The number of amides is 1. The molecule has 3 aliphatic rings. The molecule has 2 aliphatic heterocycles. The first-order valence-electron chi connectivity index (χ1n) is 11.5. The van der Waals surface area contributed by atoms with Crippen molar-refractivity contribution in [3.8, 4) is 0 Å². The van der Waals surface area contributed by atoms with Crippen molar-refractivity contribution in [2.75, 3.05) is 19.6 Å². The molecule has 0 bridgehead atoms. The Balaban J connectivity index is 1.42. The molecule has 2 aromatic carbocycles. The Hall–Kier alpha value is -2.20. The number of nitrogens with one attached hydrogen (secondary N) is 1. The maximum Gasteiger partial charge on any atom is 0.227 e. The second kappa shape index (κ2) is 7.81. The third kappa shape index (κ3) is 3.17. The van der Waals surface area contributed by atoms with Gasteiger partial charge in [0.25, 0.3) is 0 Å². The summed E-state index contributed by atoms with van der Waals surface area (Å²) in [6.07, 6.45) is 7.74. The van der Waals surface area contributed by atoms with Gasteiger partial charge in [0.2, 0.25) is 5.91 Å². The summed E-state index contributed by atoms with van der Waals surface area (Å²) in [6.45, 7) is 2.59. The van der Waals surface area contributed by atoms with Crippen molar-refractivity contribution in [1.29, 1.82) is 0 Å². The van der Waals surface area contributed by atoms with Crippen LogP contribution < -0.4 is 5.32 Å². The molecule has 1 atom stereocenters. The van der Waals surface area contributed by atoms with Gasteiger partial charge in [-0.25, -0.2) is 4.39 Å². The van der Waals surface area contributed by atoms with E-state index in [0.717, 1.165) is 45.3 Å². The summed E-state index contributed by atoms with van der Waals surface area (Å²) in [5, 5.41) is 3.17. The van der Waals surface area contributed by atoms with Gasteiger partial charge in [-0.2, -0.15) is 0 Å².